The SMILES string of the molecule is CCCCCC(CCCC(C)C)NN. The lowest BCUT2D eigenvalue weighted by Crippen LogP contribution is -2.35. The smallest absolute Gasteiger partial charge is 0.0210 e. The van der Waals surface area contributed by atoms with Crippen LogP contribution in [0.2, 0.25) is 0 Å². The van der Waals surface area contributed by atoms with Crippen molar-refractivity contribution in [2.75, 3.05) is 0 Å². The molecule has 3 N–H and O–H groups in total. The van der Waals surface area contributed by atoms with Crippen molar-refractivity contribution in [3.63, 3.8) is 0 Å². The number of hydrogen-bond donors (Lipinski definition) is 2. The highest BCUT2D eigenvalue weighted by Gasteiger charge is 2.05. The number of hydrazine groups is 1. The molecule has 14 heavy (non-hydrogen) atoms. The maximum absolute atomic E-state index is 5.52. The summed E-state index contributed by atoms with van der Waals surface area (Å²) in [6.07, 6.45) is 9.05. The predicted molar refractivity (Wildman–Crippen MR) is 63.9 cm³/mol. The summed E-state index contributed by atoms with van der Waals surface area (Å²) in [4.78, 5) is 0. The van der Waals surface area contributed by atoms with Gasteiger partial charge in [0.05, 0.1) is 0 Å². The molecule has 0 aliphatic heterocycles. The summed E-state index contributed by atoms with van der Waals surface area (Å²) in [5.74, 6) is 6.35. The van der Waals surface area contributed by atoms with Gasteiger partial charge in [-0.15, -0.1) is 0 Å². The highest BCUT2D eigenvalue weighted by Crippen LogP contribution is 2.12. The molecule has 0 spiro atoms. The van der Waals surface area contributed by atoms with Gasteiger partial charge < -0.3 is 0 Å². The molecule has 2 heteroatoms. The minimum Gasteiger partial charge on any atom is -0.271 e. The van der Waals surface area contributed by atoms with Gasteiger partial charge in [-0.3, -0.25) is 11.3 Å². The first-order valence-electron chi connectivity index (χ1n) is 6.16. The molecular formula is C12H28N2. The van der Waals surface area contributed by atoms with Crippen LogP contribution in [0.5, 0.6) is 0 Å². The van der Waals surface area contributed by atoms with Gasteiger partial charge in [0.25, 0.3) is 0 Å². The number of rotatable bonds is 9. The molecule has 1 unspecified atom stereocenters. The van der Waals surface area contributed by atoms with Crippen molar-refractivity contribution >= 4 is 0 Å². The second-order valence-corrected chi connectivity index (χ2v) is 4.68. The molecule has 1 atom stereocenters. The Bertz CT molecular complexity index is 113. The Morgan fingerprint density at radius 2 is 1.64 bits per heavy atom. The highest BCUT2D eigenvalue weighted by atomic mass is 15.2. The van der Waals surface area contributed by atoms with Crippen LogP contribution in [-0.2, 0) is 0 Å². The zero-order chi connectivity index (χ0) is 10.8. The molecule has 0 aromatic rings. The molecule has 0 bridgehead atoms. The normalized spacial score (nSPS) is 13.5. The fourth-order valence-electron chi connectivity index (χ4n) is 1.72. The van der Waals surface area contributed by atoms with Crippen molar-refractivity contribution in [2.24, 2.45) is 11.8 Å². The third kappa shape index (κ3) is 8.52. The van der Waals surface area contributed by atoms with Crippen molar-refractivity contribution in [2.45, 2.75) is 71.8 Å². The topological polar surface area (TPSA) is 38.0 Å². The summed E-state index contributed by atoms with van der Waals surface area (Å²) in [6.45, 7) is 6.80. The lowest BCUT2D eigenvalue weighted by Gasteiger charge is -2.15. The largest absolute Gasteiger partial charge is 0.271 e. The van der Waals surface area contributed by atoms with E-state index in [1.165, 1.54) is 44.9 Å². The van der Waals surface area contributed by atoms with Crippen molar-refractivity contribution < 1.29 is 0 Å². The average Bonchev–Trinajstić information content (AvgIpc) is 2.15. The average molecular weight is 200 g/mol. The van der Waals surface area contributed by atoms with Gasteiger partial charge in [-0.05, 0) is 18.8 Å². The third-order valence-corrected chi connectivity index (χ3v) is 2.73. The first kappa shape index (κ1) is 13.9. The van der Waals surface area contributed by atoms with Gasteiger partial charge in [0.2, 0.25) is 0 Å². The molecule has 0 fully saturated rings. The summed E-state index contributed by atoms with van der Waals surface area (Å²) >= 11 is 0. The molecule has 86 valence electrons. The van der Waals surface area contributed by atoms with Crippen molar-refractivity contribution in [3.05, 3.63) is 0 Å². The van der Waals surface area contributed by atoms with Gasteiger partial charge in [0, 0.05) is 6.04 Å². The van der Waals surface area contributed by atoms with Gasteiger partial charge in [0.1, 0.15) is 0 Å². The molecule has 0 aromatic heterocycles. The van der Waals surface area contributed by atoms with Crippen LogP contribution in [0.1, 0.15) is 65.7 Å². The van der Waals surface area contributed by atoms with Crippen molar-refractivity contribution in [1.82, 2.24) is 5.43 Å². The number of hydrogen-bond acceptors (Lipinski definition) is 2. The van der Waals surface area contributed by atoms with Crippen molar-refractivity contribution in [3.8, 4) is 0 Å². The second kappa shape index (κ2) is 9.47. The van der Waals surface area contributed by atoms with E-state index < -0.39 is 0 Å². The molecule has 0 saturated heterocycles. The van der Waals surface area contributed by atoms with Gasteiger partial charge >= 0.3 is 0 Å². The van der Waals surface area contributed by atoms with E-state index in [9.17, 15) is 0 Å². The fraction of sp³-hybridized carbons (Fsp3) is 1.00. The van der Waals surface area contributed by atoms with Crippen LogP contribution < -0.4 is 11.3 Å². The minimum atomic E-state index is 0.542. The molecule has 0 aliphatic rings. The first-order chi connectivity index (χ1) is 6.70. The Labute approximate surface area is 89.6 Å². The van der Waals surface area contributed by atoms with Gasteiger partial charge in [-0.25, -0.2) is 0 Å². The summed E-state index contributed by atoms with van der Waals surface area (Å²) in [5.41, 5.74) is 2.93. The third-order valence-electron chi connectivity index (χ3n) is 2.73. The molecular weight excluding hydrogens is 172 g/mol. The minimum absolute atomic E-state index is 0.542. The maximum Gasteiger partial charge on any atom is 0.0210 e. The van der Waals surface area contributed by atoms with E-state index in [-0.39, 0.29) is 0 Å². The van der Waals surface area contributed by atoms with Gasteiger partial charge in [-0.1, -0.05) is 52.9 Å². The van der Waals surface area contributed by atoms with Crippen LogP contribution in [0, 0.1) is 5.92 Å². The zero-order valence-corrected chi connectivity index (χ0v) is 10.2. The lowest BCUT2D eigenvalue weighted by atomic mass is 10.00. The molecule has 0 aliphatic carbocycles. The Balaban J connectivity index is 3.38. The molecule has 0 rings (SSSR count). The quantitative estimate of drug-likeness (QED) is 0.341. The van der Waals surface area contributed by atoms with E-state index in [0.717, 1.165) is 5.92 Å². The van der Waals surface area contributed by atoms with E-state index in [4.69, 9.17) is 5.84 Å². The van der Waals surface area contributed by atoms with Crippen LogP contribution in [0.25, 0.3) is 0 Å². The van der Waals surface area contributed by atoms with E-state index >= 15 is 0 Å². The zero-order valence-electron chi connectivity index (χ0n) is 10.2. The predicted octanol–water partition coefficient (Wildman–Crippen LogP) is 3.22. The number of nitrogens with one attached hydrogen (secondary N) is 1. The van der Waals surface area contributed by atoms with E-state index in [1.54, 1.807) is 0 Å². The van der Waals surface area contributed by atoms with E-state index in [1.807, 2.05) is 0 Å². The van der Waals surface area contributed by atoms with Crippen molar-refractivity contribution in [1.29, 1.82) is 0 Å². The molecule has 0 radical (unpaired) electrons. The van der Waals surface area contributed by atoms with Crippen LogP contribution >= 0.6 is 0 Å². The molecule has 0 saturated carbocycles. The Morgan fingerprint density at radius 1 is 1.00 bits per heavy atom. The molecule has 0 amide bonds. The van der Waals surface area contributed by atoms with E-state index in [2.05, 4.69) is 26.2 Å². The number of nitrogens with two attached hydrogens (primary N) is 1. The van der Waals surface area contributed by atoms with E-state index in [0.29, 0.717) is 6.04 Å². The van der Waals surface area contributed by atoms with Gasteiger partial charge in [-0.2, -0.15) is 0 Å². The Kier molecular flexibility index (Phi) is 9.42. The van der Waals surface area contributed by atoms with Crippen LogP contribution in [0.15, 0.2) is 0 Å². The highest BCUT2D eigenvalue weighted by molar-refractivity contribution is 4.64. The Hall–Kier alpha value is -0.0800. The molecule has 0 heterocycles. The summed E-state index contributed by atoms with van der Waals surface area (Å²) < 4.78 is 0. The number of unbranched alkanes of at least 4 members (excludes halogenated alkanes) is 2. The standard InChI is InChI=1S/C12H28N2/c1-4-5-6-9-12(14-13)10-7-8-11(2)3/h11-12,14H,4-10,13H2,1-3H3. The Morgan fingerprint density at radius 3 is 2.14 bits per heavy atom. The summed E-state index contributed by atoms with van der Waals surface area (Å²) in [7, 11) is 0. The monoisotopic (exact) mass is 200 g/mol. The summed E-state index contributed by atoms with van der Waals surface area (Å²) in [5, 5.41) is 0. The second-order valence-electron chi connectivity index (χ2n) is 4.68. The van der Waals surface area contributed by atoms with Crippen LogP contribution in [-0.4, -0.2) is 6.04 Å². The lowest BCUT2D eigenvalue weighted by molar-refractivity contribution is 0.411. The van der Waals surface area contributed by atoms with Crippen LogP contribution in [0.3, 0.4) is 0 Å². The van der Waals surface area contributed by atoms with Gasteiger partial charge in [0.15, 0.2) is 0 Å². The maximum atomic E-state index is 5.52. The molecule has 0 aromatic carbocycles. The fourth-order valence-corrected chi connectivity index (χ4v) is 1.72. The molecule has 2 nitrogen and oxygen atoms in total. The summed E-state index contributed by atoms with van der Waals surface area (Å²) in [6, 6.07) is 0.542. The first-order valence-corrected chi connectivity index (χ1v) is 6.16. The van der Waals surface area contributed by atoms with Crippen LogP contribution in [0.4, 0.5) is 0 Å².